The summed E-state index contributed by atoms with van der Waals surface area (Å²) in [7, 11) is 0. The summed E-state index contributed by atoms with van der Waals surface area (Å²) >= 11 is 6.26. The normalized spacial score (nSPS) is 15.5. The summed E-state index contributed by atoms with van der Waals surface area (Å²) in [6, 6.07) is 6.34. The molecule has 0 unspecified atom stereocenters. The fourth-order valence-electron chi connectivity index (χ4n) is 3.43. The maximum atomic E-state index is 13.3. The third-order valence-electron chi connectivity index (χ3n) is 5.15. The van der Waals surface area contributed by atoms with Gasteiger partial charge in [-0.15, -0.1) is 8.78 Å². The number of halogens is 3. The molecular weight excluding hydrogens is 440 g/mol. The van der Waals surface area contributed by atoms with Crippen molar-refractivity contribution in [3.05, 3.63) is 58.6 Å². The molecule has 0 radical (unpaired) electrons. The summed E-state index contributed by atoms with van der Waals surface area (Å²) in [4.78, 5) is 4.46. The number of nitrogens with one attached hydrogen (secondary N) is 1. The van der Waals surface area contributed by atoms with Crippen LogP contribution in [-0.2, 0) is 0 Å². The summed E-state index contributed by atoms with van der Waals surface area (Å²) in [5.41, 5.74) is 5.15. The van der Waals surface area contributed by atoms with Crippen LogP contribution in [0.25, 0.3) is 16.8 Å². The van der Waals surface area contributed by atoms with Crippen molar-refractivity contribution in [2.45, 2.75) is 46.3 Å². The van der Waals surface area contributed by atoms with Gasteiger partial charge in [0.25, 0.3) is 0 Å². The van der Waals surface area contributed by atoms with Gasteiger partial charge in [0.2, 0.25) is 0 Å². The molecule has 1 aliphatic heterocycles. The van der Waals surface area contributed by atoms with Crippen molar-refractivity contribution in [1.82, 2.24) is 10.1 Å². The highest BCUT2D eigenvalue weighted by molar-refractivity contribution is 6.33. The van der Waals surface area contributed by atoms with Crippen molar-refractivity contribution in [3.63, 3.8) is 0 Å². The van der Waals surface area contributed by atoms with Crippen LogP contribution in [0.1, 0.15) is 44.4 Å². The number of allylic oxidation sites excluding steroid dienone is 1. The zero-order chi connectivity index (χ0) is 22.9. The van der Waals surface area contributed by atoms with Gasteiger partial charge in [0.1, 0.15) is 12.1 Å². The Labute approximate surface area is 189 Å². The first kappa shape index (κ1) is 22.1. The highest BCUT2D eigenvalue weighted by Gasteiger charge is 2.43. The van der Waals surface area contributed by atoms with E-state index in [1.54, 1.807) is 24.6 Å². The van der Waals surface area contributed by atoms with E-state index in [1.165, 1.54) is 17.7 Å². The summed E-state index contributed by atoms with van der Waals surface area (Å²) < 4.78 is 40.6. The number of rotatable bonds is 4. The van der Waals surface area contributed by atoms with Crippen molar-refractivity contribution >= 4 is 23.1 Å². The molecular formula is C23H22ClF2N3O3. The van der Waals surface area contributed by atoms with Gasteiger partial charge in [-0.2, -0.15) is 0 Å². The smallest absolute Gasteiger partial charge is 0.395 e. The number of anilines is 1. The fraction of sp³-hybridized carbons (Fsp3) is 0.304. The van der Waals surface area contributed by atoms with Crippen LogP contribution in [0.4, 0.5) is 14.6 Å². The van der Waals surface area contributed by atoms with Gasteiger partial charge in [-0.25, -0.2) is 4.98 Å². The Bertz CT molecular complexity index is 1150. The Morgan fingerprint density at radius 3 is 2.41 bits per heavy atom. The first-order valence-corrected chi connectivity index (χ1v) is 10.7. The molecule has 3 aromatic rings. The van der Waals surface area contributed by atoms with Crippen molar-refractivity contribution in [2.75, 3.05) is 5.32 Å². The Morgan fingerprint density at radius 1 is 1.12 bits per heavy atom. The average molecular weight is 462 g/mol. The Morgan fingerprint density at radius 2 is 1.84 bits per heavy atom. The molecule has 2 aliphatic rings. The molecule has 1 aromatic carbocycles. The van der Waals surface area contributed by atoms with E-state index in [1.807, 2.05) is 20.8 Å². The van der Waals surface area contributed by atoms with Crippen LogP contribution in [0, 0.1) is 6.92 Å². The van der Waals surface area contributed by atoms with Gasteiger partial charge in [-0.05, 0) is 50.0 Å². The second kappa shape index (κ2) is 8.78. The number of aromatic nitrogens is 2. The van der Waals surface area contributed by atoms with Gasteiger partial charge in [0, 0.05) is 23.4 Å². The lowest BCUT2D eigenvalue weighted by molar-refractivity contribution is -0.286. The maximum absolute atomic E-state index is 13.3. The van der Waals surface area contributed by atoms with Gasteiger partial charge >= 0.3 is 6.29 Å². The Kier molecular flexibility index (Phi) is 6.06. The van der Waals surface area contributed by atoms with Gasteiger partial charge in [-0.1, -0.05) is 30.6 Å². The van der Waals surface area contributed by atoms with Crippen molar-refractivity contribution in [2.24, 2.45) is 0 Å². The third kappa shape index (κ3) is 4.27. The van der Waals surface area contributed by atoms with Gasteiger partial charge in [0.15, 0.2) is 11.5 Å². The van der Waals surface area contributed by atoms with E-state index < -0.39 is 6.29 Å². The third-order valence-corrected chi connectivity index (χ3v) is 5.46. The molecule has 0 spiro atoms. The molecule has 1 aliphatic carbocycles. The molecule has 0 amide bonds. The highest BCUT2D eigenvalue weighted by Crippen LogP contribution is 2.46. The summed E-state index contributed by atoms with van der Waals surface area (Å²) in [5, 5.41) is 7.58. The monoisotopic (exact) mass is 461 g/mol. The number of pyridine rings is 1. The lowest BCUT2D eigenvalue weighted by atomic mass is 9.88. The number of benzene rings is 1. The molecule has 168 valence electrons. The minimum absolute atomic E-state index is 0.0680. The van der Waals surface area contributed by atoms with Crippen LogP contribution in [0.3, 0.4) is 0 Å². The molecule has 0 atom stereocenters. The number of ether oxygens (including phenoxy) is 2. The number of hydrogen-bond acceptors (Lipinski definition) is 6. The van der Waals surface area contributed by atoms with Crippen LogP contribution in [0.15, 0.2) is 46.8 Å². The summed E-state index contributed by atoms with van der Waals surface area (Å²) in [6.45, 7) is 5.89. The quantitative estimate of drug-likeness (QED) is 0.448. The highest BCUT2D eigenvalue weighted by atomic mass is 35.5. The molecule has 1 fully saturated rings. The van der Waals surface area contributed by atoms with E-state index in [0.717, 1.165) is 36.2 Å². The van der Waals surface area contributed by atoms with Crippen molar-refractivity contribution < 1.29 is 22.8 Å². The number of alkyl halides is 2. The molecule has 1 N–H and O–H groups in total. The van der Waals surface area contributed by atoms with E-state index in [-0.39, 0.29) is 16.5 Å². The second-order valence-corrected chi connectivity index (χ2v) is 7.56. The van der Waals surface area contributed by atoms with Crippen LogP contribution in [-0.4, -0.2) is 16.4 Å². The molecule has 1 saturated carbocycles. The SMILES string of the molecule is CC.Cc1nocc1C(Nc1ccc(-c2cc3c(cc2Cl)OC(F)(F)O3)cn1)=C1CCC1. The van der Waals surface area contributed by atoms with E-state index >= 15 is 0 Å². The maximum Gasteiger partial charge on any atom is 0.586 e. The molecule has 9 heteroatoms. The molecule has 5 rings (SSSR count). The standard InChI is InChI=1S/C21H16ClF2N3O3.C2H6/c1-11-15(10-28-27-11)20(12-3-2-4-12)26-19-6-5-13(9-25-19)14-7-17-18(8-16(14)22)30-21(23,24)29-17;1-2/h5-10H,2-4H2,1H3,(H,25,26);1-2H3. The molecule has 2 aromatic heterocycles. The number of fused-ring (bicyclic) bond motifs is 1. The van der Waals surface area contributed by atoms with E-state index in [0.29, 0.717) is 16.9 Å². The van der Waals surface area contributed by atoms with Gasteiger partial charge in [-0.3, -0.25) is 0 Å². The second-order valence-electron chi connectivity index (χ2n) is 7.15. The van der Waals surface area contributed by atoms with Gasteiger partial charge < -0.3 is 19.3 Å². The average Bonchev–Trinajstić information content (AvgIpc) is 3.28. The predicted molar refractivity (Wildman–Crippen MR) is 118 cm³/mol. The molecule has 0 bridgehead atoms. The largest absolute Gasteiger partial charge is 0.586 e. The fourth-order valence-corrected chi connectivity index (χ4v) is 3.69. The zero-order valence-electron chi connectivity index (χ0n) is 17.8. The van der Waals surface area contributed by atoms with E-state index in [2.05, 4.69) is 24.9 Å². The zero-order valence-corrected chi connectivity index (χ0v) is 18.6. The first-order valence-electron chi connectivity index (χ1n) is 10.4. The minimum atomic E-state index is -3.69. The lowest BCUT2D eigenvalue weighted by Gasteiger charge is -2.22. The number of hydrogen-bond donors (Lipinski definition) is 1. The van der Waals surface area contributed by atoms with Crippen molar-refractivity contribution in [1.29, 1.82) is 0 Å². The molecule has 3 heterocycles. The van der Waals surface area contributed by atoms with Crippen LogP contribution < -0.4 is 14.8 Å². The summed E-state index contributed by atoms with van der Waals surface area (Å²) in [6.07, 6.45) is 2.73. The number of nitrogens with zero attached hydrogens (tertiary/aromatic N) is 2. The van der Waals surface area contributed by atoms with Crippen LogP contribution in [0.2, 0.25) is 5.02 Å². The van der Waals surface area contributed by atoms with Crippen LogP contribution >= 0.6 is 11.6 Å². The van der Waals surface area contributed by atoms with E-state index in [4.69, 9.17) is 16.1 Å². The van der Waals surface area contributed by atoms with Crippen LogP contribution in [0.5, 0.6) is 11.5 Å². The first-order chi connectivity index (χ1) is 15.4. The molecule has 32 heavy (non-hydrogen) atoms. The number of aryl methyl sites for hydroxylation is 1. The lowest BCUT2D eigenvalue weighted by Crippen LogP contribution is -2.25. The summed E-state index contributed by atoms with van der Waals surface area (Å²) in [5.74, 6) is 0.472. The molecule has 6 nitrogen and oxygen atoms in total. The minimum Gasteiger partial charge on any atom is -0.395 e. The topological polar surface area (TPSA) is 69.4 Å². The predicted octanol–water partition coefficient (Wildman–Crippen LogP) is 7.05. The molecule has 0 saturated heterocycles. The Balaban J connectivity index is 0.00000119. The van der Waals surface area contributed by atoms with E-state index in [9.17, 15) is 8.78 Å². The van der Waals surface area contributed by atoms with Crippen molar-refractivity contribution in [3.8, 4) is 22.6 Å². The van der Waals surface area contributed by atoms with Gasteiger partial charge in [0.05, 0.1) is 22.0 Å². The Hall–Kier alpha value is -3.13.